The molecule has 0 aliphatic rings. The van der Waals surface area contributed by atoms with Crippen molar-refractivity contribution in [1.82, 2.24) is 15.2 Å². The van der Waals surface area contributed by atoms with E-state index in [9.17, 15) is 0 Å². The topological polar surface area (TPSA) is 50.8 Å². The maximum Gasteiger partial charge on any atom is 0.154 e. The molecule has 1 aromatic carbocycles. The molecule has 17 heavy (non-hydrogen) atoms. The minimum Gasteiger partial charge on any atom is -0.493 e. The SMILES string of the molecule is CCCc1nc(CCOc2ccccc2)n[nH]1. The lowest BCUT2D eigenvalue weighted by molar-refractivity contribution is 0.319. The Balaban J connectivity index is 1.78. The number of aryl methyl sites for hydroxylation is 1. The van der Waals surface area contributed by atoms with Gasteiger partial charge in [-0.3, -0.25) is 5.10 Å². The van der Waals surface area contributed by atoms with Gasteiger partial charge in [0, 0.05) is 12.8 Å². The summed E-state index contributed by atoms with van der Waals surface area (Å²) in [6.07, 6.45) is 2.76. The number of rotatable bonds is 6. The Morgan fingerprint density at radius 1 is 1.18 bits per heavy atom. The number of para-hydroxylation sites is 1. The van der Waals surface area contributed by atoms with Gasteiger partial charge in [-0.15, -0.1) is 0 Å². The number of ether oxygens (including phenoxy) is 1. The molecule has 0 spiro atoms. The van der Waals surface area contributed by atoms with Crippen LogP contribution in [0.15, 0.2) is 30.3 Å². The van der Waals surface area contributed by atoms with Gasteiger partial charge >= 0.3 is 0 Å². The Labute approximate surface area is 101 Å². The van der Waals surface area contributed by atoms with E-state index in [0.29, 0.717) is 6.61 Å². The Morgan fingerprint density at radius 2 is 2.00 bits per heavy atom. The first-order valence-corrected chi connectivity index (χ1v) is 5.96. The first-order valence-electron chi connectivity index (χ1n) is 5.96. The third kappa shape index (κ3) is 3.59. The normalized spacial score (nSPS) is 10.4. The molecular formula is C13H17N3O. The maximum atomic E-state index is 5.59. The van der Waals surface area contributed by atoms with E-state index in [-0.39, 0.29) is 0 Å². The summed E-state index contributed by atoms with van der Waals surface area (Å²) in [4.78, 5) is 4.38. The van der Waals surface area contributed by atoms with Gasteiger partial charge < -0.3 is 4.74 Å². The van der Waals surface area contributed by atoms with Crippen molar-refractivity contribution in [1.29, 1.82) is 0 Å². The highest BCUT2D eigenvalue weighted by atomic mass is 16.5. The fourth-order valence-corrected chi connectivity index (χ4v) is 1.57. The van der Waals surface area contributed by atoms with Crippen LogP contribution in [0.5, 0.6) is 5.75 Å². The average molecular weight is 231 g/mol. The Morgan fingerprint density at radius 3 is 2.76 bits per heavy atom. The van der Waals surface area contributed by atoms with Gasteiger partial charge in [0.15, 0.2) is 5.82 Å². The van der Waals surface area contributed by atoms with Crippen molar-refractivity contribution in [2.24, 2.45) is 0 Å². The third-order valence-electron chi connectivity index (χ3n) is 2.40. The first kappa shape index (κ1) is 11.6. The van der Waals surface area contributed by atoms with E-state index in [1.165, 1.54) is 0 Å². The quantitative estimate of drug-likeness (QED) is 0.830. The molecule has 1 aromatic heterocycles. The number of aromatic nitrogens is 3. The molecule has 0 atom stereocenters. The Bertz CT molecular complexity index is 439. The van der Waals surface area contributed by atoms with Crippen LogP contribution in [0.3, 0.4) is 0 Å². The van der Waals surface area contributed by atoms with Gasteiger partial charge in [0.2, 0.25) is 0 Å². The molecule has 4 heteroatoms. The third-order valence-corrected chi connectivity index (χ3v) is 2.40. The van der Waals surface area contributed by atoms with Crippen molar-refractivity contribution < 1.29 is 4.74 Å². The van der Waals surface area contributed by atoms with Gasteiger partial charge in [0.1, 0.15) is 11.6 Å². The largest absolute Gasteiger partial charge is 0.493 e. The number of H-pyrrole nitrogens is 1. The fraction of sp³-hybridized carbons (Fsp3) is 0.385. The summed E-state index contributed by atoms with van der Waals surface area (Å²) in [6.45, 7) is 2.73. The van der Waals surface area contributed by atoms with Crippen LogP contribution in [0, 0.1) is 0 Å². The van der Waals surface area contributed by atoms with Gasteiger partial charge in [-0.1, -0.05) is 25.1 Å². The highest BCUT2D eigenvalue weighted by Gasteiger charge is 2.02. The van der Waals surface area contributed by atoms with Crippen LogP contribution in [0.4, 0.5) is 0 Å². The lowest BCUT2D eigenvalue weighted by Gasteiger charge is -2.03. The zero-order valence-corrected chi connectivity index (χ0v) is 10.0. The number of nitrogens with one attached hydrogen (secondary N) is 1. The first-order chi connectivity index (χ1) is 8.38. The second-order valence-electron chi connectivity index (χ2n) is 3.86. The molecule has 0 unspecified atom stereocenters. The number of nitrogens with zero attached hydrogens (tertiary/aromatic N) is 2. The molecule has 90 valence electrons. The fourth-order valence-electron chi connectivity index (χ4n) is 1.57. The van der Waals surface area contributed by atoms with Gasteiger partial charge in [-0.2, -0.15) is 5.10 Å². The molecule has 2 rings (SSSR count). The zero-order chi connectivity index (χ0) is 11.9. The van der Waals surface area contributed by atoms with Crippen molar-refractivity contribution >= 4 is 0 Å². The van der Waals surface area contributed by atoms with Crippen molar-refractivity contribution in [3.05, 3.63) is 42.0 Å². The van der Waals surface area contributed by atoms with Crippen LogP contribution >= 0.6 is 0 Å². The predicted molar refractivity (Wildman–Crippen MR) is 66.0 cm³/mol. The van der Waals surface area contributed by atoms with E-state index in [0.717, 1.165) is 36.7 Å². The van der Waals surface area contributed by atoms with Crippen LogP contribution in [0.1, 0.15) is 25.0 Å². The molecule has 0 saturated heterocycles. The molecule has 0 fully saturated rings. The molecule has 4 nitrogen and oxygen atoms in total. The molecule has 2 aromatic rings. The van der Waals surface area contributed by atoms with Gasteiger partial charge in [0.25, 0.3) is 0 Å². The number of hydrogen-bond donors (Lipinski definition) is 1. The zero-order valence-electron chi connectivity index (χ0n) is 10.0. The summed E-state index contributed by atoms with van der Waals surface area (Å²) in [5, 5.41) is 7.09. The Hall–Kier alpha value is -1.84. The van der Waals surface area contributed by atoms with Gasteiger partial charge in [-0.25, -0.2) is 4.98 Å². The van der Waals surface area contributed by atoms with Crippen LogP contribution < -0.4 is 4.74 Å². The summed E-state index contributed by atoms with van der Waals surface area (Å²) in [5.74, 6) is 2.67. The van der Waals surface area contributed by atoms with Gasteiger partial charge in [0.05, 0.1) is 6.61 Å². The van der Waals surface area contributed by atoms with E-state index in [1.807, 2.05) is 30.3 Å². The molecule has 1 N–H and O–H groups in total. The van der Waals surface area contributed by atoms with E-state index >= 15 is 0 Å². The highest BCUT2D eigenvalue weighted by Crippen LogP contribution is 2.08. The summed E-state index contributed by atoms with van der Waals surface area (Å²) in [5.41, 5.74) is 0. The van der Waals surface area contributed by atoms with E-state index < -0.39 is 0 Å². The van der Waals surface area contributed by atoms with Crippen LogP contribution in [-0.4, -0.2) is 21.8 Å². The molecule has 0 aliphatic carbocycles. The average Bonchev–Trinajstić information content (AvgIpc) is 2.79. The minimum atomic E-state index is 0.605. The smallest absolute Gasteiger partial charge is 0.154 e. The summed E-state index contributed by atoms with van der Waals surface area (Å²) >= 11 is 0. The van der Waals surface area contributed by atoms with Gasteiger partial charge in [-0.05, 0) is 18.6 Å². The second-order valence-corrected chi connectivity index (χ2v) is 3.86. The summed E-state index contributed by atoms with van der Waals surface area (Å²) < 4.78 is 5.59. The van der Waals surface area contributed by atoms with E-state index in [2.05, 4.69) is 22.1 Å². The molecule has 1 heterocycles. The molecule has 0 radical (unpaired) electrons. The van der Waals surface area contributed by atoms with E-state index in [1.54, 1.807) is 0 Å². The summed E-state index contributed by atoms with van der Waals surface area (Å²) in [6, 6.07) is 9.78. The standard InChI is InChI=1S/C13H17N3O/c1-2-6-12-14-13(16-15-12)9-10-17-11-7-4-3-5-8-11/h3-5,7-8H,2,6,9-10H2,1H3,(H,14,15,16). The van der Waals surface area contributed by atoms with Crippen molar-refractivity contribution in [2.45, 2.75) is 26.2 Å². The number of benzene rings is 1. The van der Waals surface area contributed by atoms with Crippen molar-refractivity contribution in [3.8, 4) is 5.75 Å². The lowest BCUT2D eigenvalue weighted by atomic mass is 10.3. The van der Waals surface area contributed by atoms with Crippen molar-refractivity contribution in [3.63, 3.8) is 0 Å². The number of aromatic amines is 1. The number of hydrogen-bond acceptors (Lipinski definition) is 3. The maximum absolute atomic E-state index is 5.59. The van der Waals surface area contributed by atoms with Crippen LogP contribution in [-0.2, 0) is 12.8 Å². The Kier molecular flexibility index (Phi) is 4.13. The molecule has 0 amide bonds. The van der Waals surface area contributed by atoms with Crippen LogP contribution in [0.25, 0.3) is 0 Å². The van der Waals surface area contributed by atoms with Crippen molar-refractivity contribution in [2.75, 3.05) is 6.61 Å². The molecule has 0 aliphatic heterocycles. The molecular weight excluding hydrogens is 214 g/mol. The summed E-state index contributed by atoms with van der Waals surface area (Å²) in [7, 11) is 0. The predicted octanol–water partition coefficient (Wildman–Crippen LogP) is 2.38. The highest BCUT2D eigenvalue weighted by molar-refractivity contribution is 5.20. The van der Waals surface area contributed by atoms with E-state index in [4.69, 9.17) is 4.74 Å². The minimum absolute atomic E-state index is 0.605. The lowest BCUT2D eigenvalue weighted by Crippen LogP contribution is -2.02. The molecule has 0 bridgehead atoms. The monoisotopic (exact) mass is 231 g/mol. The molecule has 0 saturated carbocycles. The second kappa shape index (κ2) is 6.03. The van der Waals surface area contributed by atoms with Crippen LogP contribution in [0.2, 0.25) is 0 Å².